The van der Waals surface area contributed by atoms with E-state index in [0.717, 1.165) is 67.3 Å². The molecule has 0 spiro atoms. The Morgan fingerprint density at radius 1 is 0.405 bits per heavy atom. The second kappa shape index (κ2) is 22.0. The molecule has 0 amide bonds. The molecule has 0 saturated carbocycles. The third-order valence-corrected chi connectivity index (χ3v) is 14.7. The number of carbonyl (C=O) groups excluding carboxylic acids is 1. The summed E-state index contributed by atoms with van der Waals surface area (Å²) in [6.07, 6.45) is -20.3. The molecule has 0 aliphatic heterocycles. The molecule has 8 rings (SSSR count). The molecule has 0 radical (unpaired) electrons. The van der Waals surface area contributed by atoms with Crippen LogP contribution >= 0.6 is 0 Å². The summed E-state index contributed by atoms with van der Waals surface area (Å²) in [5, 5.41) is 0. The van der Waals surface area contributed by atoms with Crippen LogP contribution in [0.5, 0.6) is 0 Å². The predicted octanol–water partition coefficient (Wildman–Crippen LogP) is 13.4. The van der Waals surface area contributed by atoms with Crippen molar-refractivity contribution in [3.05, 3.63) is 251 Å². The van der Waals surface area contributed by atoms with Crippen LogP contribution in [-0.2, 0) is 51.9 Å². The number of alkyl halides is 12. The van der Waals surface area contributed by atoms with E-state index in [1.54, 1.807) is 6.26 Å². The van der Waals surface area contributed by atoms with Crippen molar-refractivity contribution in [1.29, 1.82) is 0 Å². The zero-order valence-electron chi connectivity index (χ0n) is 39.1. The Balaban J connectivity index is 0.000000221. The van der Waals surface area contributed by atoms with Crippen LogP contribution < -0.4 is 26.8 Å². The molecule has 1 atom stereocenters. The average Bonchev–Trinajstić information content (AvgIpc) is 3.37. The summed E-state index contributed by atoms with van der Waals surface area (Å²) >= 11 is 0. The minimum atomic E-state index is -4.77. The van der Waals surface area contributed by atoms with Crippen LogP contribution in [0.3, 0.4) is 0 Å². The Morgan fingerprint density at radius 3 is 0.973 bits per heavy atom. The first kappa shape index (κ1) is 54.4. The van der Waals surface area contributed by atoms with Crippen molar-refractivity contribution in [2.24, 2.45) is 0 Å². The van der Waals surface area contributed by atoms with Gasteiger partial charge in [0.25, 0.3) is 0 Å². The zero-order valence-corrected chi connectivity index (χ0v) is 39.9. The summed E-state index contributed by atoms with van der Waals surface area (Å²) in [5.41, 5.74) is -0.218. The van der Waals surface area contributed by atoms with E-state index >= 15 is 0 Å². The molecule has 74 heavy (non-hydrogen) atoms. The van der Waals surface area contributed by atoms with Gasteiger partial charge in [0, 0.05) is 24.3 Å². The van der Waals surface area contributed by atoms with E-state index in [2.05, 4.69) is 29.2 Å². The maximum absolute atomic E-state index is 13.3. The number of carbonyl (C=O) groups is 1. The third kappa shape index (κ3) is 13.0. The molecule has 3 nitrogen and oxygen atoms in total. The molecule has 0 aromatic heterocycles. The molecule has 0 aliphatic carbocycles. The van der Waals surface area contributed by atoms with E-state index < -0.39 is 63.0 Å². The molecule has 0 saturated heterocycles. The Hall–Kier alpha value is -7.40. The fourth-order valence-corrected chi connectivity index (χ4v) is 10.4. The number of anilines is 1. The SMILES string of the molecule is C[S+](=O)(CC(=O)c1ccc(N(Cc2ccccc2)Cc2ccccc2)cc1)c1ccccc1.FC(F)(F)c1ccc([B-](c2ccc(C(F)(F)F)cc2)(c2ccc(C(F)(F)F)cc2)c2ccc(C(F)(F)F)cc2)cc1. The molecular weight excluding hydrogens is 1000 g/mol. The molecular formula is C57H44BF12NO2S. The Morgan fingerprint density at radius 2 is 0.689 bits per heavy atom. The lowest BCUT2D eigenvalue weighted by Gasteiger charge is -2.44. The first-order valence-corrected chi connectivity index (χ1v) is 24.8. The van der Waals surface area contributed by atoms with Gasteiger partial charge in [-0.05, 0) is 47.5 Å². The number of rotatable bonds is 13. The van der Waals surface area contributed by atoms with Crippen LogP contribution in [0.4, 0.5) is 58.4 Å². The van der Waals surface area contributed by atoms with Crippen molar-refractivity contribution in [3.63, 3.8) is 0 Å². The fourth-order valence-electron chi connectivity index (χ4n) is 8.83. The molecule has 8 aromatic rings. The standard InChI is InChI=1S/C29H28NO2S.C28H16BF12/c1-33(32,28-15-9-4-10-16-28)23-29(31)26-17-19-27(20-18-26)30(21-24-11-5-2-6-12-24)22-25-13-7-3-8-14-25;30-25(31,32)17-1-9-21(10-2-17)29(22-11-3-18(4-12-22)26(33,34)35,23-13-5-19(6-14-23)27(36,37)38)24-15-7-20(8-16-24)28(39,40)41/h2-20H,21-23H2,1H3;1-16H/q+1;-1. The van der Waals surface area contributed by atoms with Crippen LogP contribution in [0.2, 0.25) is 0 Å². The second-order valence-electron chi connectivity index (χ2n) is 17.6. The number of ketones is 1. The molecule has 17 heteroatoms. The van der Waals surface area contributed by atoms with Crippen LogP contribution in [0, 0.1) is 0 Å². The smallest absolute Gasteiger partial charge is 0.363 e. The number of hydrogen-bond donors (Lipinski definition) is 0. The number of benzene rings is 8. The largest absolute Gasteiger partial charge is 0.416 e. The van der Waals surface area contributed by atoms with Gasteiger partial charge in [-0.3, -0.25) is 4.79 Å². The summed E-state index contributed by atoms with van der Waals surface area (Å²) in [6, 6.07) is 51.2. The van der Waals surface area contributed by atoms with Crippen LogP contribution in [-0.4, -0.2) is 23.9 Å². The number of hydrogen-bond acceptors (Lipinski definition) is 3. The van der Waals surface area contributed by atoms with Gasteiger partial charge in [0.1, 0.15) is 22.3 Å². The maximum Gasteiger partial charge on any atom is 0.416 e. The Kier molecular flexibility index (Phi) is 16.2. The number of nitrogens with zero attached hydrogens (tertiary/aromatic N) is 1. The molecule has 0 heterocycles. The van der Waals surface area contributed by atoms with Crippen molar-refractivity contribution in [2.75, 3.05) is 16.9 Å². The summed E-state index contributed by atoms with van der Waals surface area (Å²) in [5.74, 6) is -0.0933. The van der Waals surface area contributed by atoms with E-state index in [1.807, 2.05) is 91.0 Å². The van der Waals surface area contributed by atoms with E-state index in [9.17, 15) is 61.7 Å². The second-order valence-corrected chi connectivity index (χ2v) is 20.4. The molecule has 382 valence electrons. The quantitative estimate of drug-likeness (QED) is 0.0500. The summed E-state index contributed by atoms with van der Waals surface area (Å²) in [4.78, 5) is 15.9. The highest BCUT2D eigenvalue weighted by atomic mass is 32.2. The highest BCUT2D eigenvalue weighted by Gasteiger charge is 2.38. The lowest BCUT2D eigenvalue weighted by Crippen LogP contribution is -2.74. The van der Waals surface area contributed by atoms with Crippen molar-refractivity contribution in [3.8, 4) is 0 Å². The molecule has 0 aliphatic rings. The Bertz CT molecular complexity index is 2870. The monoisotopic (exact) mass is 1050 g/mol. The lowest BCUT2D eigenvalue weighted by molar-refractivity contribution is -0.138. The van der Waals surface area contributed by atoms with Crippen molar-refractivity contribution in [2.45, 2.75) is 42.7 Å². The summed E-state index contributed by atoms with van der Waals surface area (Å²) < 4.78 is 173. The van der Waals surface area contributed by atoms with Gasteiger partial charge in [-0.1, -0.05) is 180 Å². The minimum absolute atomic E-state index is 0.00804. The number of halogens is 12. The van der Waals surface area contributed by atoms with Gasteiger partial charge in [0.05, 0.1) is 22.3 Å². The lowest BCUT2D eigenvalue weighted by atomic mass is 9.13. The first-order valence-electron chi connectivity index (χ1n) is 22.7. The van der Waals surface area contributed by atoms with Crippen LogP contribution in [0.25, 0.3) is 0 Å². The highest BCUT2D eigenvalue weighted by Crippen LogP contribution is 2.33. The van der Waals surface area contributed by atoms with E-state index in [4.69, 9.17) is 0 Å². The summed E-state index contributed by atoms with van der Waals surface area (Å²) in [6.45, 7) is 1.53. The number of Topliss-reactive ketones (excluding diaryl/α,β-unsaturated/α-hetero) is 1. The highest BCUT2D eigenvalue weighted by molar-refractivity contribution is 8.03. The molecule has 0 fully saturated rings. The van der Waals surface area contributed by atoms with Gasteiger partial charge in [-0.25, -0.2) is 0 Å². The van der Waals surface area contributed by atoms with Gasteiger partial charge in [0.15, 0.2) is 10.6 Å². The fraction of sp³-hybridized carbons (Fsp3) is 0.140. The normalized spacial score (nSPS) is 13.0. The Labute approximate surface area is 420 Å². The van der Waals surface area contributed by atoms with E-state index in [-0.39, 0.29) is 33.4 Å². The third-order valence-electron chi connectivity index (χ3n) is 12.6. The average molecular weight is 1050 g/mol. The topological polar surface area (TPSA) is 37.4 Å². The van der Waals surface area contributed by atoms with Gasteiger partial charge >= 0.3 is 24.7 Å². The molecule has 0 N–H and O–H groups in total. The minimum Gasteiger partial charge on any atom is -0.363 e. The molecule has 1 unspecified atom stereocenters. The summed E-state index contributed by atoms with van der Waals surface area (Å²) in [7, 11) is -2.43. The first-order chi connectivity index (χ1) is 34.9. The van der Waals surface area contributed by atoms with E-state index in [0.29, 0.717) is 59.0 Å². The van der Waals surface area contributed by atoms with Gasteiger partial charge in [-0.15, -0.1) is 0 Å². The maximum atomic E-state index is 13.3. The van der Waals surface area contributed by atoms with Gasteiger partial charge in [-0.2, -0.15) is 74.5 Å². The molecule has 0 bridgehead atoms. The van der Waals surface area contributed by atoms with Gasteiger partial charge in [0.2, 0.25) is 5.78 Å². The van der Waals surface area contributed by atoms with Crippen molar-refractivity contribution in [1.82, 2.24) is 0 Å². The predicted molar refractivity (Wildman–Crippen MR) is 267 cm³/mol. The molecule has 8 aromatic carbocycles. The van der Waals surface area contributed by atoms with Crippen molar-refractivity contribution >= 4 is 49.4 Å². The van der Waals surface area contributed by atoms with Crippen LogP contribution in [0.15, 0.2) is 217 Å². The van der Waals surface area contributed by atoms with Crippen LogP contribution in [0.1, 0.15) is 43.7 Å². The zero-order chi connectivity index (χ0) is 53.5. The van der Waals surface area contributed by atoms with Gasteiger partial charge < -0.3 is 4.90 Å². The van der Waals surface area contributed by atoms with E-state index in [1.165, 1.54) is 11.1 Å². The van der Waals surface area contributed by atoms with Crippen molar-refractivity contribution < 1.29 is 61.7 Å².